The third kappa shape index (κ3) is 3.03. The largest absolute Gasteiger partial charge is 0.378 e. The van der Waals surface area contributed by atoms with E-state index in [1.807, 2.05) is 4.90 Å². The Labute approximate surface area is 134 Å². The van der Waals surface area contributed by atoms with Gasteiger partial charge in [0.25, 0.3) is 5.91 Å². The van der Waals surface area contributed by atoms with Crippen molar-refractivity contribution in [1.82, 2.24) is 4.90 Å². The van der Waals surface area contributed by atoms with E-state index in [2.05, 4.69) is 12.2 Å². The summed E-state index contributed by atoms with van der Waals surface area (Å²) in [6.07, 6.45) is 3.04. The molecule has 3 rings (SSSR count). The van der Waals surface area contributed by atoms with Gasteiger partial charge in [-0.15, -0.1) is 11.3 Å². The number of thiophene rings is 1. The first-order chi connectivity index (χ1) is 10.6. The first kappa shape index (κ1) is 15.5. The number of ether oxygens (including phenoxy) is 1. The minimum absolute atomic E-state index is 0.0408. The van der Waals surface area contributed by atoms with E-state index in [4.69, 9.17) is 4.74 Å². The molecule has 22 heavy (non-hydrogen) atoms. The lowest BCUT2D eigenvalue weighted by Gasteiger charge is -2.28. The van der Waals surface area contributed by atoms with E-state index >= 15 is 0 Å². The Morgan fingerprint density at radius 1 is 1.32 bits per heavy atom. The van der Waals surface area contributed by atoms with Gasteiger partial charge in [-0.2, -0.15) is 0 Å². The van der Waals surface area contributed by atoms with E-state index in [9.17, 15) is 9.59 Å². The predicted octanol–water partition coefficient (Wildman–Crippen LogP) is 2.30. The van der Waals surface area contributed by atoms with E-state index in [1.165, 1.54) is 11.8 Å². The Bertz CT molecular complexity index is 590. The maximum atomic E-state index is 12.9. The minimum Gasteiger partial charge on any atom is -0.378 e. The number of hydrogen-bond acceptors (Lipinski definition) is 4. The average molecular weight is 322 g/mol. The van der Waals surface area contributed by atoms with Crippen LogP contribution >= 0.6 is 11.3 Å². The number of rotatable bonds is 2. The summed E-state index contributed by atoms with van der Waals surface area (Å²) in [5, 5.41) is 3.59. The molecule has 5 nitrogen and oxygen atoms in total. The molecule has 1 N–H and O–H groups in total. The van der Waals surface area contributed by atoms with Crippen LogP contribution in [0.3, 0.4) is 0 Å². The second-order valence-corrected chi connectivity index (χ2v) is 7.25. The SMILES string of the molecule is CC(=O)Nc1sc2c(c1C(=O)N1CCOCC1)CC[C@@H](C)C2. The maximum absolute atomic E-state index is 12.9. The van der Waals surface area contributed by atoms with E-state index in [0.29, 0.717) is 32.2 Å². The molecule has 1 atom stereocenters. The zero-order valence-corrected chi connectivity index (χ0v) is 13.9. The summed E-state index contributed by atoms with van der Waals surface area (Å²) in [4.78, 5) is 27.5. The van der Waals surface area contributed by atoms with Crippen molar-refractivity contribution in [1.29, 1.82) is 0 Å². The second-order valence-electron chi connectivity index (χ2n) is 6.14. The molecule has 0 unspecified atom stereocenters. The summed E-state index contributed by atoms with van der Waals surface area (Å²) in [5.41, 5.74) is 1.88. The number of carbonyl (C=O) groups excluding carboxylic acids is 2. The Hall–Kier alpha value is -1.40. The van der Waals surface area contributed by atoms with Crippen LogP contribution in [-0.4, -0.2) is 43.0 Å². The number of fused-ring (bicyclic) bond motifs is 1. The van der Waals surface area contributed by atoms with Gasteiger partial charge in [-0.3, -0.25) is 9.59 Å². The number of carbonyl (C=O) groups is 2. The number of hydrogen-bond donors (Lipinski definition) is 1. The van der Waals surface area contributed by atoms with E-state index in [0.717, 1.165) is 35.4 Å². The molecule has 1 fully saturated rings. The quantitative estimate of drug-likeness (QED) is 0.909. The molecular weight excluding hydrogens is 300 g/mol. The Morgan fingerprint density at radius 3 is 2.73 bits per heavy atom. The molecule has 2 aliphatic rings. The lowest BCUT2D eigenvalue weighted by Crippen LogP contribution is -2.41. The van der Waals surface area contributed by atoms with Gasteiger partial charge in [0.15, 0.2) is 0 Å². The topological polar surface area (TPSA) is 58.6 Å². The molecule has 2 heterocycles. The molecule has 1 saturated heterocycles. The highest BCUT2D eigenvalue weighted by Gasteiger charge is 2.30. The van der Waals surface area contributed by atoms with E-state index < -0.39 is 0 Å². The minimum atomic E-state index is -0.123. The highest BCUT2D eigenvalue weighted by atomic mass is 32.1. The fourth-order valence-corrected chi connectivity index (χ4v) is 4.60. The van der Waals surface area contributed by atoms with Gasteiger partial charge in [-0.25, -0.2) is 0 Å². The van der Waals surface area contributed by atoms with Gasteiger partial charge >= 0.3 is 0 Å². The molecule has 0 aromatic carbocycles. The second kappa shape index (κ2) is 6.38. The summed E-state index contributed by atoms with van der Waals surface area (Å²) in [6, 6.07) is 0. The molecule has 6 heteroatoms. The van der Waals surface area contributed by atoms with Crippen LogP contribution in [0.15, 0.2) is 0 Å². The van der Waals surface area contributed by atoms with Crippen molar-refractivity contribution < 1.29 is 14.3 Å². The van der Waals surface area contributed by atoms with Crippen LogP contribution < -0.4 is 5.32 Å². The van der Waals surface area contributed by atoms with Crippen LogP contribution in [0, 0.1) is 5.92 Å². The van der Waals surface area contributed by atoms with Gasteiger partial charge in [0.2, 0.25) is 5.91 Å². The van der Waals surface area contributed by atoms with Crippen molar-refractivity contribution in [3.63, 3.8) is 0 Å². The molecule has 0 bridgehead atoms. The van der Waals surface area contributed by atoms with E-state index in [-0.39, 0.29) is 11.8 Å². The smallest absolute Gasteiger partial charge is 0.257 e. The van der Waals surface area contributed by atoms with E-state index in [1.54, 1.807) is 11.3 Å². The highest BCUT2D eigenvalue weighted by Crippen LogP contribution is 2.40. The summed E-state index contributed by atoms with van der Waals surface area (Å²) in [5.74, 6) is 0.560. The van der Waals surface area contributed by atoms with Crippen molar-refractivity contribution >= 4 is 28.2 Å². The molecule has 0 radical (unpaired) electrons. The predicted molar refractivity (Wildman–Crippen MR) is 86.5 cm³/mol. The molecule has 1 aliphatic carbocycles. The molecule has 1 aromatic heterocycles. The van der Waals surface area contributed by atoms with Crippen LogP contribution in [0.4, 0.5) is 5.00 Å². The maximum Gasteiger partial charge on any atom is 0.257 e. The molecule has 0 saturated carbocycles. The van der Waals surface area contributed by atoms with Crippen LogP contribution in [0.25, 0.3) is 0 Å². The van der Waals surface area contributed by atoms with Crippen molar-refractivity contribution in [2.45, 2.75) is 33.1 Å². The number of anilines is 1. The van der Waals surface area contributed by atoms with Gasteiger partial charge in [0, 0.05) is 24.9 Å². The monoisotopic (exact) mass is 322 g/mol. The Morgan fingerprint density at radius 2 is 2.05 bits per heavy atom. The van der Waals surface area contributed by atoms with Gasteiger partial charge in [-0.1, -0.05) is 6.92 Å². The molecular formula is C16H22N2O3S. The van der Waals surface area contributed by atoms with Crippen molar-refractivity contribution in [2.24, 2.45) is 5.92 Å². The Kier molecular flexibility index (Phi) is 4.49. The van der Waals surface area contributed by atoms with Gasteiger partial charge in [0.05, 0.1) is 18.8 Å². The van der Waals surface area contributed by atoms with Crippen LogP contribution in [0.5, 0.6) is 0 Å². The molecule has 120 valence electrons. The molecule has 1 aromatic rings. The van der Waals surface area contributed by atoms with Gasteiger partial charge in [0.1, 0.15) is 5.00 Å². The number of nitrogens with one attached hydrogen (secondary N) is 1. The average Bonchev–Trinajstić information content (AvgIpc) is 2.83. The Balaban J connectivity index is 1.96. The van der Waals surface area contributed by atoms with Crippen molar-refractivity contribution in [2.75, 3.05) is 31.6 Å². The van der Waals surface area contributed by atoms with Gasteiger partial charge < -0.3 is 15.0 Å². The van der Waals surface area contributed by atoms with Crippen molar-refractivity contribution in [3.05, 3.63) is 16.0 Å². The summed E-state index contributed by atoms with van der Waals surface area (Å²) >= 11 is 1.58. The first-order valence-corrected chi connectivity index (χ1v) is 8.67. The zero-order valence-electron chi connectivity index (χ0n) is 13.1. The lowest BCUT2D eigenvalue weighted by molar-refractivity contribution is -0.114. The van der Waals surface area contributed by atoms with Gasteiger partial charge in [-0.05, 0) is 30.7 Å². The highest BCUT2D eigenvalue weighted by molar-refractivity contribution is 7.17. The zero-order chi connectivity index (χ0) is 15.7. The fraction of sp³-hybridized carbons (Fsp3) is 0.625. The molecule has 0 spiro atoms. The third-order valence-corrected chi connectivity index (χ3v) is 5.48. The molecule has 1 aliphatic heterocycles. The number of amides is 2. The van der Waals surface area contributed by atoms with Crippen molar-refractivity contribution in [3.8, 4) is 0 Å². The van der Waals surface area contributed by atoms with Crippen LogP contribution in [0.2, 0.25) is 0 Å². The summed E-state index contributed by atoms with van der Waals surface area (Å²) in [6.45, 7) is 6.16. The summed E-state index contributed by atoms with van der Waals surface area (Å²) in [7, 11) is 0. The first-order valence-electron chi connectivity index (χ1n) is 7.85. The van der Waals surface area contributed by atoms with Crippen LogP contribution in [-0.2, 0) is 22.4 Å². The standard InChI is InChI=1S/C16H22N2O3S/c1-10-3-4-12-13(9-10)22-15(17-11(2)19)14(12)16(20)18-5-7-21-8-6-18/h10H,3-9H2,1-2H3,(H,17,19)/t10-/m1/s1. The lowest BCUT2D eigenvalue weighted by atomic mass is 9.88. The number of morpholine rings is 1. The third-order valence-electron chi connectivity index (χ3n) is 4.31. The number of nitrogens with zero attached hydrogens (tertiary/aromatic N) is 1. The fourth-order valence-electron chi connectivity index (χ4n) is 3.15. The van der Waals surface area contributed by atoms with Crippen LogP contribution in [0.1, 0.15) is 41.1 Å². The molecule has 2 amide bonds. The normalized spacial score (nSPS) is 21.4. The summed E-state index contributed by atoms with van der Waals surface area (Å²) < 4.78 is 5.33.